The molecule has 4 rings (SSSR count). The van der Waals surface area contributed by atoms with Crippen LogP contribution in [0.25, 0.3) is 11.0 Å². The molecule has 0 aliphatic carbocycles. The van der Waals surface area contributed by atoms with Gasteiger partial charge in [0.25, 0.3) is 0 Å². The topological polar surface area (TPSA) is 59.2 Å². The normalized spacial score (nSPS) is 10.8. The fourth-order valence-electron chi connectivity index (χ4n) is 2.78. The summed E-state index contributed by atoms with van der Waals surface area (Å²) in [5.74, 6) is 0.973. The molecular formula is C20H15N3O2. The Kier molecular flexibility index (Phi) is 3.74. The van der Waals surface area contributed by atoms with Crippen molar-refractivity contribution in [1.29, 1.82) is 0 Å². The van der Waals surface area contributed by atoms with Crippen LogP contribution in [-0.2, 0) is 0 Å². The Hall–Kier alpha value is -3.47. The van der Waals surface area contributed by atoms with Crippen LogP contribution in [0.1, 0.15) is 16.1 Å². The summed E-state index contributed by atoms with van der Waals surface area (Å²) in [5, 5.41) is 0.924. The van der Waals surface area contributed by atoms with Crippen molar-refractivity contribution in [3.8, 4) is 0 Å². The zero-order chi connectivity index (χ0) is 17.2. The third kappa shape index (κ3) is 2.65. The second-order valence-corrected chi connectivity index (χ2v) is 5.57. The Morgan fingerprint density at radius 1 is 0.880 bits per heavy atom. The van der Waals surface area contributed by atoms with Gasteiger partial charge in [0.1, 0.15) is 17.2 Å². The minimum absolute atomic E-state index is 0.289. The van der Waals surface area contributed by atoms with Crippen LogP contribution in [0.4, 0.5) is 11.6 Å². The molecule has 0 N–H and O–H groups in total. The summed E-state index contributed by atoms with van der Waals surface area (Å²) in [6.45, 7) is 1.88. The number of fused-ring (bicyclic) bond motifs is 1. The molecule has 0 aliphatic heterocycles. The van der Waals surface area contributed by atoms with Crippen molar-refractivity contribution in [3.05, 3.63) is 84.4 Å². The SMILES string of the molecule is Cc1c(C(=O)N(c2ccccn2)c2ccccn2)oc2ccccc12. The van der Waals surface area contributed by atoms with E-state index < -0.39 is 0 Å². The molecule has 0 fully saturated rings. The molecule has 1 amide bonds. The Labute approximate surface area is 144 Å². The predicted octanol–water partition coefficient (Wildman–Crippen LogP) is 4.51. The van der Waals surface area contributed by atoms with Gasteiger partial charge in [-0.05, 0) is 37.3 Å². The number of benzene rings is 1. The van der Waals surface area contributed by atoms with Gasteiger partial charge in [0.2, 0.25) is 0 Å². The van der Waals surface area contributed by atoms with Crippen molar-refractivity contribution in [2.75, 3.05) is 4.90 Å². The number of para-hydroxylation sites is 1. The van der Waals surface area contributed by atoms with Crippen molar-refractivity contribution >= 4 is 28.5 Å². The number of furan rings is 1. The maximum atomic E-state index is 13.3. The Morgan fingerprint density at radius 2 is 1.48 bits per heavy atom. The van der Waals surface area contributed by atoms with Crippen molar-refractivity contribution in [2.24, 2.45) is 0 Å². The summed E-state index contributed by atoms with van der Waals surface area (Å²) in [7, 11) is 0. The lowest BCUT2D eigenvalue weighted by molar-refractivity contribution is 0.0973. The molecule has 0 aliphatic rings. The highest BCUT2D eigenvalue weighted by Crippen LogP contribution is 2.29. The Bertz CT molecular complexity index is 987. The highest BCUT2D eigenvalue weighted by Gasteiger charge is 2.27. The molecule has 3 aromatic heterocycles. The van der Waals surface area contributed by atoms with Crippen LogP contribution >= 0.6 is 0 Å². The first-order valence-corrected chi connectivity index (χ1v) is 7.90. The fourth-order valence-corrected chi connectivity index (χ4v) is 2.78. The number of rotatable bonds is 3. The van der Waals surface area contributed by atoms with Gasteiger partial charge in [-0.2, -0.15) is 0 Å². The van der Waals surface area contributed by atoms with E-state index in [0.717, 1.165) is 10.9 Å². The average Bonchev–Trinajstić information content (AvgIpc) is 3.01. The van der Waals surface area contributed by atoms with Gasteiger partial charge in [-0.25, -0.2) is 14.9 Å². The lowest BCUT2D eigenvalue weighted by Crippen LogP contribution is -2.27. The second-order valence-electron chi connectivity index (χ2n) is 5.57. The van der Waals surface area contributed by atoms with Crippen LogP contribution in [0.5, 0.6) is 0 Å². The van der Waals surface area contributed by atoms with Crippen LogP contribution in [-0.4, -0.2) is 15.9 Å². The summed E-state index contributed by atoms with van der Waals surface area (Å²) >= 11 is 0. The summed E-state index contributed by atoms with van der Waals surface area (Å²) in [4.78, 5) is 23.4. The largest absolute Gasteiger partial charge is 0.451 e. The molecule has 25 heavy (non-hydrogen) atoms. The predicted molar refractivity (Wildman–Crippen MR) is 95.9 cm³/mol. The Morgan fingerprint density at radius 3 is 2.04 bits per heavy atom. The number of carbonyl (C=O) groups excluding carboxylic acids is 1. The number of aromatic nitrogens is 2. The minimum Gasteiger partial charge on any atom is -0.451 e. The Balaban J connectivity index is 1.87. The van der Waals surface area contributed by atoms with E-state index in [9.17, 15) is 4.79 Å². The van der Waals surface area contributed by atoms with E-state index in [1.807, 2.05) is 43.3 Å². The van der Waals surface area contributed by atoms with Crippen LogP contribution < -0.4 is 4.90 Å². The van der Waals surface area contributed by atoms with Crippen molar-refractivity contribution < 1.29 is 9.21 Å². The molecule has 122 valence electrons. The van der Waals surface area contributed by atoms with Crippen molar-refractivity contribution in [1.82, 2.24) is 9.97 Å². The van der Waals surface area contributed by atoms with E-state index in [4.69, 9.17) is 4.42 Å². The number of carbonyl (C=O) groups is 1. The number of aryl methyl sites for hydroxylation is 1. The van der Waals surface area contributed by atoms with Gasteiger partial charge >= 0.3 is 5.91 Å². The van der Waals surface area contributed by atoms with Crippen LogP contribution in [0, 0.1) is 6.92 Å². The lowest BCUT2D eigenvalue weighted by Gasteiger charge is -2.19. The zero-order valence-electron chi connectivity index (χ0n) is 13.6. The molecular weight excluding hydrogens is 314 g/mol. The van der Waals surface area contributed by atoms with Gasteiger partial charge in [0.15, 0.2) is 5.76 Å². The van der Waals surface area contributed by atoms with Crippen LogP contribution in [0.2, 0.25) is 0 Å². The summed E-state index contributed by atoms with van der Waals surface area (Å²) in [6.07, 6.45) is 3.29. The first kappa shape index (κ1) is 15.1. The maximum absolute atomic E-state index is 13.3. The highest BCUT2D eigenvalue weighted by molar-refractivity contribution is 6.11. The van der Waals surface area contributed by atoms with Gasteiger partial charge in [-0.3, -0.25) is 4.79 Å². The standard InChI is InChI=1S/C20H15N3O2/c1-14-15-8-2-3-9-16(15)25-19(14)20(24)23(17-10-4-6-12-21-17)18-11-5-7-13-22-18/h2-13H,1H3. The van der Waals surface area contributed by atoms with E-state index in [1.165, 1.54) is 4.90 Å². The maximum Gasteiger partial charge on any atom is 0.301 e. The lowest BCUT2D eigenvalue weighted by atomic mass is 10.1. The van der Waals surface area contributed by atoms with E-state index >= 15 is 0 Å². The van der Waals surface area contributed by atoms with Crippen LogP contribution in [0.15, 0.2) is 77.5 Å². The third-order valence-corrected chi connectivity index (χ3v) is 4.00. The molecule has 5 heteroatoms. The number of anilines is 2. The number of hydrogen-bond donors (Lipinski definition) is 0. The van der Waals surface area contributed by atoms with Gasteiger partial charge in [-0.1, -0.05) is 30.3 Å². The van der Waals surface area contributed by atoms with E-state index in [2.05, 4.69) is 9.97 Å². The van der Waals surface area contributed by atoms with Crippen LogP contribution in [0.3, 0.4) is 0 Å². The summed E-state index contributed by atoms with van der Waals surface area (Å²) in [6, 6.07) is 18.4. The van der Waals surface area contributed by atoms with Gasteiger partial charge in [0, 0.05) is 23.3 Å². The molecule has 0 saturated carbocycles. The molecule has 0 atom stereocenters. The van der Waals surface area contributed by atoms with Crippen molar-refractivity contribution in [2.45, 2.75) is 6.92 Å². The quantitative estimate of drug-likeness (QED) is 0.555. The highest BCUT2D eigenvalue weighted by atomic mass is 16.3. The van der Waals surface area contributed by atoms with Gasteiger partial charge in [-0.15, -0.1) is 0 Å². The molecule has 1 aromatic carbocycles. The van der Waals surface area contributed by atoms with Gasteiger partial charge < -0.3 is 4.42 Å². The molecule has 0 unspecified atom stereocenters. The first-order valence-electron chi connectivity index (χ1n) is 7.90. The molecule has 5 nitrogen and oxygen atoms in total. The third-order valence-electron chi connectivity index (χ3n) is 4.00. The fraction of sp³-hybridized carbons (Fsp3) is 0.0500. The minimum atomic E-state index is -0.300. The number of amides is 1. The van der Waals surface area contributed by atoms with Gasteiger partial charge in [0.05, 0.1) is 0 Å². The van der Waals surface area contributed by atoms with Crippen molar-refractivity contribution in [3.63, 3.8) is 0 Å². The van der Waals surface area contributed by atoms with E-state index in [1.54, 1.807) is 36.7 Å². The number of pyridine rings is 2. The van der Waals surface area contributed by atoms with E-state index in [-0.39, 0.29) is 11.7 Å². The average molecular weight is 329 g/mol. The number of nitrogens with zero attached hydrogens (tertiary/aromatic N) is 3. The first-order chi connectivity index (χ1) is 12.3. The number of hydrogen-bond acceptors (Lipinski definition) is 4. The smallest absolute Gasteiger partial charge is 0.301 e. The van der Waals surface area contributed by atoms with E-state index in [0.29, 0.717) is 17.2 Å². The molecule has 0 radical (unpaired) electrons. The zero-order valence-corrected chi connectivity index (χ0v) is 13.6. The molecule has 3 heterocycles. The molecule has 4 aromatic rings. The molecule has 0 spiro atoms. The molecule has 0 bridgehead atoms. The second kappa shape index (κ2) is 6.20. The summed E-state index contributed by atoms with van der Waals surface area (Å²) in [5.41, 5.74) is 1.49. The monoisotopic (exact) mass is 329 g/mol. The summed E-state index contributed by atoms with van der Waals surface area (Å²) < 4.78 is 5.84. The molecule has 0 saturated heterocycles.